The van der Waals surface area contributed by atoms with E-state index in [0.29, 0.717) is 19.2 Å². The van der Waals surface area contributed by atoms with Gasteiger partial charge in [0.15, 0.2) is 0 Å². The molecule has 2 N–H and O–H groups in total. The van der Waals surface area contributed by atoms with Gasteiger partial charge in [-0.2, -0.15) is 0 Å². The lowest BCUT2D eigenvalue weighted by Crippen LogP contribution is -2.40. The number of imidazole rings is 1. The van der Waals surface area contributed by atoms with Crippen LogP contribution in [0.3, 0.4) is 0 Å². The highest BCUT2D eigenvalue weighted by Gasteiger charge is 2.35. The quantitative estimate of drug-likeness (QED) is 0.852. The van der Waals surface area contributed by atoms with Gasteiger partial charge in [0, 0.05) is 44.3 Å². The van der Waals surface area contributed by atoms with E-state index in [0.717, 1.165) is 37.9 Å². The Morgan fingerprint density at radius 2 is 2.26 bits per heavy atom. The van der Waals surface area contributed by atoms with E-state index >= 15 is 0 Å². The molecule has 1 saturated heterocycles. The minimum Gasteiger partial charge on any atom is -0.382 e. The Kier molecular flexibility index (Phi) is 5.43. The zero-order valence-corrected chi connectivity index (χ0v) is 15.9. The van der Waals surface area contributed by atoms with Gasteiger partial charge in [-0.3, -0.25) is 4.79 Å². The number of benzene rings is 1. The molecule has 4 rings (SSSR count). The highest BCUT2D eigenvalue weighted by Crippen LogP contribution is 2.32. The van der Waals surface area contributed by atoms with Crippen LogP contribution in [0.2, 0.25) is 0 Å². The number of aryl methyl sites for hydroxylation is 2. The second-order valence-corrected chi connectivity index (χ2v) is 7.55. The number of fused-ring (bicyclic) bond motifs is 1. The first-order chi connectivity index (χ1) is 13.2. The first-order valence-electron chi connectivity index (χ1n) is 9.93. The van der Waals surface area contributed by atoms with Crippen molar-refractivity contribution in [2.75, 3.05) is 18.5 Å². The molecule has 27 heavy (non-hydrogen) atoms. The van der Waals surface area contributed by atoms with Gasteiger partial charge in [-0.15, -0.1) is 0 Å². The molecular weight excluding hydrogens is 340 g/mol. The van der Waals surface area contributed by atoms with Crippen molar-refractivity contribution in [1.82, 2.24) is 14.9 Å². The summed E-state index contributed by atoms with van der Waals surface area (Å²) in [6, 6.07) is 8.88. The van der Waals surface area contributed by atoms with E-state index in [4.69, 9.17) is 4.74 Å². The number of amides is 1. The number of hydrogen-bond donors (Lipinski definition) is 2. The van der Waals surface area contributed by atoms with Gasteiger partial charge in [0.25, 0.3) is 0 Å². The number of aromatic nitrogens is 2. The van der Waals surface area contributed by atoms with Gasteiger partial charge >= 0.3 is 0 Å². The van der Waals surface area contributed by atoms with Crippen molar-refractivity contribution in [2.24, 2.45) is 13.0 Å². The maximum absolute atomic E-state index is 12.8. The molecule has 1 fully saturated rings. The van der Waals surface area contributed by atoms with Crippen molar-refractivity contribution in [2.45, 2.75) is 44.2 Å². The van der Waals surface area contributed by atoms with Crippen LogP contribution in [0.1, 0.15) is 43.2 Å². The number of nitrogens with one attached hydrogen (secondary N) is 2. The lowest BCUT2D eigenvalue weighted by molar-refractivity contribution is -0.135. The molecule has 0 aliphatic carbocycles. The van der Waals surface area contributed by atoms with E-state index in [2.05, 4.69) is 39.9 Å². The first kappa shape index (κ1) is 18.0. The van der Waals surface area contributed by atoms with E-state index in [-0.39, 0.29) is 17.9 Å². The number of carbonyl (C=O) groups is 1. The van der Waals surface area contributed by atoms with Gasteiger partial charge in [0.2, 0.25) is 5.91 Å². The second-order valence-electron chi connectivity index (χ2n) is 7.55. The second kappa shape index (κ2) is 8.13. The molecule has 1 amide bonds. The summed E-state index contributed by atoms with van der Waals surface area (Å²) in [7, 11) is 1.95. The zero-order chi connectivity index (χ0) is 18.6. The molecule has 3 atom stereocenters. The lowest BCUT2D eigenvalue weighted by Gasteiger charge is -2.31. The van der Waals surface area contributed by atoms with E-state index in [1.54, 1.807) is 6.20 Å². The fraction of sp³-hybridized carbons (Fsp3) is 0.524. The topological polar surface area (TPSA) is 68.2 Å². The van der Waals surface area contributed by atoms with Crippen molar-refractivity contribution in [3.8, 4) is 0 Å². The average Bonchev–Trinajstić information content (AvgIpc) is 3.13. The minimum atomic E-state index is -0.251. The summed E-state index contributed by atoms with van der Waals surface area (Å²) in [5.41, 5.74) is 2.62. The van der Waals surface area contributed by atoms with Crippen LogP contribution in [-0.4, -0.2) is 34.7 Å². The van der Waals surface area contributed by atoms with Crippen LogP contribution in [-0.2, 0) is 23.0 Å². The normalized spacial score (nSPS) is 24.7. The monoisotopic (exact) mass is 368 g/mol. The minimum absolute atomic E-state index is 0.0823. The average molecular weight is 368 g/mol. The molecule has 0 saturated carbocycles. The molecule has 2 aliphatic rings. The van der Waals surface area contributed by atoms with Crippen molar-refractivity contribution < 1.29 is 9.53 Å². The molecule has 0 spiro atoms. The molecule has 0 bridgehead atoms. The number of carbonyl (C=O) groups excluding carboxylic acids is 1. The maximum atomic E-state index is 12.8. The Bertz CT molecular complexity index is 788. The number of para-hydroxylation sites is 1. The molecule has 1 aromatic heterocycles. The van der Waals surface area contributed by atoms with Crippen molar-refractivity contribution in [3.63, 3.8) is 0 Å². The molecule has 1 aromatic carbocycles. The molecule has 6 nitrogen and oxygen atoms in total. The molecule has 144 valence electrons. The number of ether oxygens (including phenoxy) is 1. The third-order valence-electron chi connectivity index (χ3n) is 5.70. The highest BCUT2D eigenvalue weighted by molar-refractivity contribution is 5.79. The summed E-state index contributed by atoms with van der Waals surface area (Å²) in [5.74, 6) is 0.749. The van der Waals surface area contributed by atoms with E-state index in [9.17, 15) is 4.79 Å². The van der Waals surface area contributed by atoms with Crippen molar-refractivity contribution in [3.05, 3.63) is 48.0 Å². The Labute approximate surface area is 160 Å². The van der Waals surface area contributed by atoms with Gasteiger partial charge in [-0.1, -0.05) is 18.2 Å². The summed E-state index contributed by atoms with van der Waals surface area (Å²) >= 11 is 0. The summed E-state index contributed by atoms with van der Waals surface area (Å²) in [5, 5.41) is 6.74. The van der Waals surface area contributed by atoms with Gasteiger partial charge < -0.3 is 19.9 Å². The van der Waals surface area contributed by atoms with E-state index in [1.807, 2.05) is 17.8 Å². The van der Waals surface area contributed by atoms with Crippen molar-refractivity contribution in [1.29, 1.82) is 0 Å². The van der Waals surface area contributed by atoms with Crippen LogP contribution in [0.15, 0.2) is 36.7 Å². The molecular formula is C21H28N4O2. The number of anilines is 1. The van der Waals surface area contributed by atoms with Gasteiger partial charge in [-0.05, 0) is 43.7 Å². The lowest BCUT2D eigenvalue weighted by atomic mass is 9.92. The molecule has 2 aliphatic heterocycles. The predicted molar refractivity (Wildman–Crippen MR) is 104 cm³/mol. The summed E-state index contributed by atoms with van der Waals surface area (Å²) < 4.78 is 7.86. The molecule has 2 aromatic rings. The summed E-state index contributed by atoms with van der Waals surface area (Å²) in [4.78, 5) is 17.2. The number of hydrogen-bond acceptors (Lipinski definition) is 4. The Morgan fingerprint density at radius 3 is 3.11 bits per heavy atom. The van der Waals surface area contributed by atoms with Crippen LogP contribution in [0.4, 0.5) is 5.69 Å². The smallest absolute Gasteiger partial charge is 0.226 e. The van der Waals surface area contributed by atoms with Crippen LogP contribution < -0.4 is 10.6 Å². The van der Waals surface area contributed by atoms with E-state index < -0.39 is 0 Å². The molecule has 0 radical (unpaired) electrons. The van der Waals surface area contributed by atoms with Crippen molar-refractivity contribution >= 4 is 11.6 Å². The Morgan fingerprint density at radius 1 is 1.37 bits per heavy atom. The van der Waals surface area contributed by atoms with Crippen LogP contribution in [0.5, 0.6) is 0 Å². The third kappa shape index (κ3) is 4.00. The number of rotatable bonds is 5. The fourth-order valence-electron chi connectivity index (χ4n) is 4.17. The van der Waals surface area contributed by atoms with Crippen LogP contribution in [0, 0.1) is 5.92 Å². The molecule has 1 unspecified atom stereocenters. The van der Waals surface area contributed by atoms with E-state index in [1.165, 1.54) is 11.3 Å². The van der Waals surface area contributed by atoms with Gasteiger partial charge in [-0.25, -0.2) is 4.98 Å². The zero-order valence-electron chi connectivity index (χ0n) is 15.9. The molecule has 6 heteroatoms. The van der Waals surface area contributed by atoms with Crippen LogP contribution >= 0.6 is 0 Å². The standard InChI is InChI=1S/C21H28N4O2/c1-25-13-12-22-20(25)19-17(6-4-14-27-19)21(26)23-11-10-16-9-8-15-5-2-3-7-18(15)24-16/h2-3,5,7,12-13,16-17,19,24H,4,6,8-11,14H2,1H3,(H,23,26)/t16?,17-,19-/m1/s1. The number of nitrogens with zero attached hydrogens (tertiary/aromatic N) is 2. The fourth-order valence-corrected chi connectivity index (χ4v) is 4.17. The summed E-state index contributed by atoms with van der Waals surface area (Å²) in [6.07, 6.45) is 8.30. The Hall–Kier alpha value is -2.34. The summed E-state index contributed by atoms with van der Waals surface area (Å²) in [6.45, 7) is 1.37. The SMILES string of the molecule is Cn1ccnc1[C@@H]1OCCC[C@H]1C(=O)NCCC1CCc2ccccc2N1. The van der Waals surface area contributed by atoms with Gasteiger partial charge in [0.1, 0.15) is 11.9 Å². The first-order valence-corrected chi connectivity index (χ1v) is 9.93. The molecule has 3 heterocycles. The highest BCUT2D eigenvalue weighted by atomic mass is 16.5. The largest absolute Gasteiger partial charge is 0.382 e. The Balaban J connectivity index is 1.30. The van der Waals surface area contributed by atoms with Crippen LogP contribution in [0.25, 0.3) is 0 Å². The van der Waals surface area contributed by atoms with Gasteiger partial charge in [0.05, 0.1) is 5.92 Å². The maximum Gasteiger partial charge on any atom is 0.226 e. The third-order valence-corrected chi connectivity index (χ3v) is 5.70. The predicted octanol–water partition coefficient (Wildman–Crippen LogP) is 2.82.